The number of carbonyl (C=O) groups is 5. The second kappa shape index (κ2) is 13.8. The van der Waals surface area contributed by atoms with Crippen LogP contribution in [0.25, 0.3) is 0 Å². The lowest BCUT2D eigenvalue weighted by Crippen LogP contribution is -2.55. The zero-order chi connectivity index (χ0) is 42.6. The average Bonchev–Trinajstić information content (AvgIpc) is 3.58. The predicted octanol–water partition coefficient (Wildman–Crippen LogP) is 7.06. The largest absolute Gasteiger partial charge is 0.508 e. The summed E-state index contributed by atoms with van der Waals surface area (Å²) in [6, 6.07) is 14.7. The number of hydrogen-bond donors (Lipinski definition) is 4. The molecule has 0 radical (unpaired) electrons. The first-order valence-electron chi connectivity index (χ1n) is 18.5. The van der Waals surface area contributed by atoms with Crippen LogP contribution in [0.4, 0.5) is 24.7 Å². The van der Waals surface area contributed by atoms with Crippen LogP contribution in [0.1, 0.15) is 39.9 Å². The van der Waals surface area contributed by atoms with Crippen LogP contribution in [-0.2, 0) is 37.2 Å². The Balaban J connectivity index is 1.20. The third-order valence-corrected chi connectivity index (χ3v) is 12.7. The number of aromatic carboxylic acids is 1. The van der Waals surface area contributed by atoms with Crippen molar-refractivity contribution in [2.24, 2.45) is 29.6 Å². The summed E-state index contributed by atoms with van der Waals surface area (Å²) in [5.74, 6) is -10.3. The summed E-state index contributed by atoms with van der Waals surface area (Å²) in [5, 5.41) is 30.8. The second-order valence-electron chi connectivity index (χ2n) is 15.2. The van der Waals surface area contributed by atoms with Crippen LogP contribution in [0.3, 0.4) is 0 Å². The van der Waals surface area contributed by atoms with Gasteiger partial charge in [0.15, 0.2) is 5.82 Å². The third-order valence-electron chi connectivity index (χ3n) is 12.2. The lowest BCUT2D eigenvalue weighted by molar-refractivity contribution is -0.139. The number of phenolic OH excluding ortho intramolecular Hbond substituents is 1. The highest BCUT2D eigenvalue weighted by molar-refractivity contribution is 6.33. The molecule has 306 valence electrons. The number of hydrogen-bond acceptors (Lipinski definition) is 10. The van der Waals surface area contributed by atoms with Gasteiger partial charge in [0.25, 0.3) is 11.8 Å². The molecule has 18 heteroatoms. The SMILES string of the molecule is O=C(O)c1ccc(N2C(=O)[C@H]3[C@H](CC=C4[C@H](C5=COc6ccc(O)cc6C5)[C@]5(c6ccc(Cl)cc6)C(=O)N(Nc6ncc(C(F)(F)F)cc6Cl)C(=O)[C@@H]5C[C@H]43)C2=O)cc1O. The summed E-state index contributed by atoms with van der Waals surface area (Å²) >= 11 is 12.6. The molecule has 60 heavy (non-hydrogen) atoms. The Morgan fingerprint density at radius 2 is 1.68 bits per heavy atom. The standard InChI is InChI=1S/C42H29Cl2F3N4O9/c43-22-3-1-20(2-4-22)41-29(37(55)51(40(41)59)49-35-30(44)13-21(16-48-35)42(45,46)47)15-28-25(34(41)19-11-18-12-24(52)6-10-32(18)60-17-19)8-9-27-33(28)38(56)50(36(27)54)23-5-7-26(39(57)58)31(53)14-23/h1-8,10,12-14,16-17,27-29,33-34,52-53H,9,11,15H2,(H,48,49)(H,57,58)/t27-,28+,29-,33-,34-,41+/m0/s1. The fourth-order valence-electron chi connectivity index (χ4n) is 9.69. The molecule has 0 unspecified atom stereocenters. The predicted molar refractivity (Wildman–Crippen MR) is 206 cm³/mol. The van der Waals surface area contributed by atoms with Crippen molar-refractivity contribution in [2.75, 3.05) is 10.3 Å². The number of pyridine rings is 1. The summed E-state index contributed by atoms with van der Waals surface area (Å²) in [6.07, 6.45) is -1.09. The van der Waals surface area contributed by atoms with Gasteiger partial charge in [-0.15, -0.1) is 0 Å². The molecule has 9 rings (SSSR count). The molecular weight excluding hydrogens is 832 g/mol. The lowest BCUT2D eigenvalue weighted by atomic mass is 9.48. The van der Waals surface area contributed by atoms with E-state index < -0.39 is 98.5 Å². The molecule has 13 nitrogen and oxygen atoms in total. The van der Waals surface area contributed by atoms with Gasteiger partial charge in [0.05, 0.1) is 45.7 Å². The molecule has 5 aliphatic rings. The molecule has 6 atom stereocenters. The van der Waals surface area contributed by atoms with Gasteiger partial charge in [-0.1, -0.05) is 47.0 Å². The van der Waals surface area contributed by atoms with Gasteiger partial charge < -0.3 is 20.1 Å². The molecule has 0 spiro atoms. The molecule has 1 aromatic heterocycles. The zero-order valence-electron chi connectivity index (χ0n) is 30.6. The number of hydrazine groups is 1. The molecule has 2 aliphatic carbocycles. The Bertz CT molecular complexity index is 2650. The van der Waals surface area contributed by atoms with E-state index >= 15 is 4.79 Å². The average molecular weight is 862 g/mol. The number of anilines is 2. The van der Waals surface area contributed by atoms with Gasteiger partial charge in [-0.25, -0.2) is 14.7 Å². The topological polar surface area (TPSA) is 187 Å². The van der Waals surface area contributed by atoms with E-state index in [0.29, 0.717) is 50.3 Å². The molecular formula is C42H29Cl2F3N4O9. The van der Waals surface area contributed by atoms with Crippen molar-refractivity contribution >= 4 is 64.3 Å². The quantitative estimate of drug-likeness (QED) is 0.115. The van der Waals surface area contributed by atoms with Crippen molar-refractivity contribution in [3.8, 4) is 17.2 Å². The number of phenols is 2. The summed E-state index contributed by atoms with van der Waals surface area (Å²) in [6.45, 7) is 0. The molecule has 4 aromatic rings. The van der Waals surface area contributed by atoms with E-state index in [1.807, 2.05) is 0 Å². The maximum atomic E-state index is 15.4. The fraction of sp³-hybridized carbons (Fsp3) is 0.238. The van der Waals surface area contributed by atoms with Crippen LogP contribution in [0.5, 0.6) is 17.2 Å². The highest BCUT2D eigenvalue weighted by Crippen LogP contribution is 2.63. The van der Waals surface area contributed by atoms with Crippen LogP contribution >= 0.6 is 23.2 Å². The number of carboxylic acids is 1. The van der Waals surface area contributed by atoms with E-state index in [9.17, 15) is 47.7 Å². The molecule has 4 N–H and O–H groups in total. The van der Waals surface area contributed by atoms with Crippen LogP contribution < -0.4 is 15.1 Å². The molecule has 0 bridgehead atoms. The minimum Gasteiger partial charge on any atom is -0.508 e. The summed E-state index contributed by atoms with van der Waals surface area (Å²) in [5.41, 5.74) is 0.989. The minimum atomic E-state index is -4.79. The number of aromatic hydroxyl groups is 2. The summed E-state index contributed by atoms with van der Waals surface area (Å²) in [4.78, 5) is 75.4. The van der Waals surface area contributed by atoms with E-state index in [2.05, 4.69) is 10.4 Å². The van der Waals surface area contributed by atoms with Crippen LogP contribution in [0.2, 0.25) is 10.0 Å². The fourth-order valence-corrected chi connectivity index (χ4v) is 10.0. The number of fused-ring (bicyclic) bond motifs is 5. The van der Waals surface area contributed by atoms with Crippen molar-refractivity contribution in [1.29, 1.82) is 0 Å². The molecule has 3 aromatic carbocycles. The maximum absolute atomic E-state index is 15.4. The number of alkyl halides is 3. The maximum Gasteiger partial charge on any atom is 0.417 e. The molecule has 3 aliphatic heterocycles. The van der Waals surface area contributed by atoms with Gasteiger partial charge in [-0.05, 0) is 78.4 Å². The van der Waals surface area contributed by atoms with Crippen molar-refractivity contribution in [3.05, 3.63) is 129 Å². The van der Waals surface area contributed by atoms with E-state index in [4.69, 9.17) is 27.9 Å². The number of amides is 4. The number of nitrogens with one attached hydrogen (secondary N) is 1. The van der Waals surface area contributed by atoms with Gasteiger partial charge in [0.2, 0.25) is 11.8 Å². The number of imide groups is 2. The minimum absolute atomic E-state index is 0.0231. The first-order valence-corrected chi connectivity index (χ1v) is 19.2. The third kappa shape index (κ3) is 5.83. The van der Waals surface area contributed by atoms with E-state index in [1.165, 1.54) is 24.5 Å². The first-order chi connectivity index (χ1) is 28.5. The van der Waals surface area contributed by atoms with Crippen molar-refractivity contribution in [2.45, 2.75) is 30.9 Å². The monoisotopic (exact) mass is 860 g/mol. The number of ether oxygens (including phenoxy) is 1. The van der Waals surface area contributed by atoms with Crippen LogP contribution in [-0.4, -0.2) is 54.9 Å². The van der Waals surface area contributed by atoms with Crippen LogP contribution in [0, 0.1) is 29.6 Å². The Morgan fingerprint density at radius 1 is 0.933 bits per heavy atom. The molecule has 3 fully saturated rings. The van der Waals surface area contributed by atoms with Crippen LogP contribution in [0.15, 0.2) is 96.4 Å². The zero-order valence-corrected chi connectivity index (χ0v) is 32.1. The van der Waals surface area contributed by atoms with Gasteiger partial charge >= 0.3 is 12.1 Å². The van der Waals surface area contributed by atoms with Crippen molar-refractivity contribution < 1.29 is 57.2 Å². The Morgan fingerprint density at radius 3 is 2.37 bits per heavy atom. The molecule has 1 saturated carbocycles. The summed E-state index contributed by atoms with van der Waals surface area (Å²) < 4.78 is 46.7. The highest BCUT2D eigenvalue weighted by atomic mass is 35.5. The number of aromatic nitrogens is 1. The van der Waals surface area contributed by atoms with Gasteiger partial charge in [0, 0.05) is 35.2 Å². The van der Waals surface area contributed by atoms with Gasteiger partial charge in [-0.3, -0.25) is 24.6 Å². The Hall–Kier alpha value is -6.39. The number of rotatable bonds is 6. The number of halogens is 5. The number of nitrogens with zero attached hydrogens (tertiary/aromatic N) is 3. The molecule has 4 heterocycles. The van der Waals surface area contributed by atoms with E-state index in [-0.39, 0.29) is 30.7 Å². The smallest absolute Gasteiger partial charge is 0.417 e. The van der Waals surface area contributed by atoms with E-state index in [1.54, 1.807) is 36.4 Å². The van der Waals surface area contributed by atoms with Gasteiger partial charge in [-0.2, -0.15) is 18.2 Å². The van der Waals surface area contributed by atoms with Gasteiger partial charge in [0.1, 0.15) is 22.8 Å². The second-order valence-corrected chi connectivity index (χ2v) is 16.1. The lowest BCUT2D eigenvalue weighted by Gasteiger charge is -2.51. The number of allylic oxidation sites excluding steroid dienone is 3. The normalized spacial score (nSPS) is 25.8. The van der Waals surface area contributed by atoms with E-state index in [0.717, 1.165) is 17.0 Å². The Kier molecular flexibility index (Phi) is 9.02. The molecule has 2 saturated heterocycles. The number of carbonyl (C=O) groups excluding carboxylic acids is 4. The first kappa shape index (κ1) is 39.1. The highest BCUT2D eigenvalue weighted by Gasteiger charge is 2.71. The van der Waals surface area contributed by atoms with Crippen molar-refractivity contribution in [1.82, 2.24) is 9.99 Å². The summed E-state index contributed by atoms with van der Waals surface area (Å²) in [7, 11) is 0. The van der Waals surface area contributed by atoms with Crippen molar-refractivity contribution in [3.63, 3.8) is 0 Å². The number of carboxylic acid groups (broad SMARTS) is 1. The molecule has 4 amide bonds. The Labute approximate surface area is 347 Å². The number of benzene rings is 3.